The quantitative estimate of drug-likeness (QED) is 0.759. The van der Waals surface area contributed by atoms with E-state index in [9.17, 15) is 4.79 Å². The third-order valence-electron chi connectivity index (χ3n) is 6.00. The molecule has 0 radical (unpaired) electrons. The van der Waals surface area contributed by atoms with Crippen LogP contribution in [-0.2, 0) is 4.79 Å². The summed E-state index contributed by atoms with van der Waals surface area (Å²) >= 11 is 0. The summed E-state index contributed by atoms with van der Waals surface area (Å²) in [6.45, 7) is 4.40. The molecule has 1 heteroatoms. The minimum Gasteiger partial charge on any atom is -0.299 e. The van der Waals surface area contributed by atoms with Crippen molar-refractivity contribution in [1.29, 1.82) is 0 Å². The Kier molecular flexibility index (Phi) is 2.92. The van der Waals surface area contributed by atoms with Gasteiger partial charge < -0.3 is 0 Å². The monoisotopic (exact) mass is 278 g/mol. The van der Waals surface area contributed by atoms with E-state index in [1.165, 1.54) is 36.8 Å². The van der Waals surface area contributed by atoms with Crippen LogP contribution >= 0.6 is 0 Å². The van der Waals surface area contributed by atoms with E-state index in [-0.39, 0.29) is 11.3 Å². The average molecular weight is 278 g/mol. The largest absolute Gasteiger partial charge is 0.299 e. The molecular weight excluding hydrogens is 256 g/mol. The van der Waals surface area contributed by atoms with Crippen molar-refractivity contribution >= 4 is 11.4 Å². The number of ketones is 1. The number of fused-ring (bicyclic) bond motifs is 1. The zero-order chi connectivity index (χ0) is 14.4. The van der Waals surface area contributed by atoms with Crippen molar-refractivity contribution in [1.82, 2.24) is 0 Å². The van der Waals surface area contributed by atoms with Crippen LogP contribution in [0.3, 0.4) is 0 Å². The number of rotatable bonds is 2. The fraction of sp³-hybridized carbons (Fsp3) is 0.450. The fourth-order valence-corrected chi connectivity index (χ4v) is 4.94. The van der Waals surface area contributed by atoms with Gasteiger partial charge in [0.2, 0.25) is 0 Å². The molecule has 2 bridgehead atoms. The molecule has 0 saturated heterocycles. The lowest BCUT2D eigenvalue weighted by atomic mass is 9.49. The van der Waals surface area contributed by atoms with Crippen molar-refractivity contribution < 1.29 is 4.79 Å². The van der Waals surface area contributed by atoms with E-state index < -0.39 is 0 Å². The molecule has 5 rings (SSSR count). The van der Waals surface area contributed by atoms with Crippen LogP contribution in [0.15, 0.2) is 48.6 Å². The van der Waals surface area contributed by atoms with Crippen LogP contribution in [0.25, 0.3) is 5.57 Å². The van der Waals surface area contributed by atoms with Gasteiger partial charge >= 0.3 is 0 Å². The third kappa shape index (κ3) is 1.87. The number of benzene rings is 1. The molecule has 1 aromatic rings. The number of Topliss-reactive ketones (excluding diaryl/α,β-unsaturated/α-hetero) is 1. The Labute approximate surface area is 126 Å². The summed E-state index contributed by atoms with van der Waals surface area (Å²) in [7, 11) is 0. The van der Waals surface area contributed by atoms with Gasteiger partial charge in [-0.15, -0.1) is 0 Å². The van der Waals surface area contributed by atoms with Crippen molar-refractivity contribution in [3.05, 3.63) is 54.1 Å². The number of hydrogen-bond donors (Lipinski definition) is 0. The van der Waals surface area contributed by atoms with Gasteiger partial charge in [0.05, 0.1) is 0 Å². The zero-order valence-corrected chi connectivity index (χ0v) is 12.5. The first kappa shape index (κ1) is 13.1. The summed E-state index contributed by atoms with van der Waals surface area (Å²) in [6.07, 6.45) is 9.18. The predicted molar refractivity (Wildman–Crippen MR) is 85.7 cm³/mol. The van der Waals surface area contributed by atoms with Crippen molar-refractivity contribution in [3.63, 3.8) is 0 Å². The summed E-state index contributed by atoms with van der Waals surface area (Å²) in [6, 6.07) is 10.5. The van der Waals surface area contributed by atoms with Crippen LogP contribution in [-0.4, -0.2) is 5.78 Å². The second kappa shape index (κ2) is 4.69. The minimum absolute atomic E-state index is 0.108. The van der Waals surface area contributed by atoms with Gasteiger partial charge in [0.1, 0.15) is 5.78 Å². The number of allylic oxidation sites excluding steroid dienone is 3. The second-order valence-corrected chi connectivity index (χ2v) is 7.01. The lowest BCUT2D eigenvalue weighted by molar-refractivity contribution is -0.130. The lowest BCUT2D eigenvalue weighted by Crippen LogP contribution is -2.48. The zero-order valence-electron chi connectivity index (χ0n) is 12.5. The highest BCUT2D eigenvalue weighted by Gasteiger charge is 2.53. The predicted octanol–water partition coefficient (Wildman–Crippen LogP) is 4.80. The Morgan fingerprint density at radius 3 is 2.81 bits per heavy atom. The van der Waals surface area contributed by atoms with E-state index in [1.54, 1.807) is 0 Å². The first-order valence-corrected chi connectivity index (χ1v) is 8.20. The maximum atomic E-state index is 12.3. The molecule has 0 N–H and O–H groups in total. The van der Waals surface area contributed by atoms with Crippen molar-refractivity contribution in [3.8, 4) is 0 Å². The molecule has 0 aromatic heterocycles. The topological polar surface area (TPSA) is 17.1 Å². The molecule has 0 heterocycles. The van der Waals surface area contributed by atoms with Gasteiger partial charge in [-0.2, -0.15) is 0 Å². The van der Waals surface area contributed by atoms with Crippen LogP contribution in [0.1, 0.15) is 44.1 Å². The fourth-order valence-electron chi connectivity index (χ4n) is 4.94. The van der Waals surface area contributed by atoms with E-state index in [0.717, 1.165) is 18.4 Å². The maximum absolute atomic E-state index is 12.3. The Hall–Kier alpha value is -1.63. The van der Waals surface area contributed by atoms with Gasteiger partial charge in [-0.05, 0) is 41.9 Å². The Morgan fingerprint density at radius 2 is 2.00 bits per heavy atom. The molecular formula is C20H22O. The first-order valence-electron chi connectivity index (χ1n) is 8.20. The molecule has 0 unspecified atom stereocenters. The SMILES string of the molecule is C=C(C1=C[C@H]2C[C@@H]3CCCC[C@@]13CC2=O)c1ccccc1. The highest BCUT2D eigenvalue weighted by molar-refractivity contribution is 5.91. The highest BCUT2D eigenvalue weighted by Crippen LogP contribution is 2.61. The Balaban J connectivity index is 1.79. The molecule has 4 aliphatic rings. The highest BCUT2D eigenvalue weighted by atomic mass is 16.1. The van der Waals surface area contributed by atoms with E-state index >= 15 is 0 Å². The van der Waals surface area contributed by atoms with Crippen LogP contribution < -0.4 is 0 Å². The molecule has 21 heavy (non-hydrogen) atoms. The molecule has 1 spiro atoms. The molecule has 1 nitrogen and oxygen atoms in total. The van der Waals surface area contributed by atoms with Crippen LogP contribution in [0.2, 0.25) is 0 Å². The van der Waals surface area contributed by atoms with Gasteiger partial charge in [0.25, 0.3) is 0 Å². The van der Waals surface area contributed by atoms with Crippen LogP contribution in [0, 0.1) is 17.3 Å². The molecule has 108 valence electrons. The maximum Gasteiger partial charge on any atom is 0.140 e. The molecule has 2 fully saturated rings. The summed E-state index contributed by atoms with van der Waals surface area (Å²) < 4.78 is 0. The third-order valence-corrected chi connectivity index (χ3v) is 6.00. The smallest absolute Gasteiger partial charge is 0.140 e. The standard InChI is InChI=1S/C20H22O/c1-14(15-7-3-2-4-8-15)18-12-16-11-17-9-5-6-10-20(17,18)13-19(16)21/h2-4,7-8,12,16-17H,1,5-6,9-11,13H2/t16-,17+,20+/m1/s1. The van der Waals surface area contributed by atoms with Crippen molar-refractivity contribution in [2.45, 2.75) is 38.5 Å². The van der Waals surface area contributed by atoms with Crippen LogP contribution in [0.4, 0.5) is 0 Å². The van der Waals surface area contributed by atoms with Gasteiger partial charge in [-0.1, -0.05) is 55.8 Å². The van der Waals surface area contributed by atoms with E-state index in [1.807, 2.05) is 6.07 Å². The second-order valence-electron chi connectivity index (χ2n) is 7.01. The van der Waals surface area contributed by atoms with Crippen molar-refractivity contribution in [2.24, 2.45) is 17.3 Å². The number of hydrogen-bond acceptors (Lipinski definition) is 1. The average Bonchev–Trinajstić information content (AvgIpc) is 2.53. The Morgan fingerprint density at radius 1 is 1.19 bits per heavy atom. The van der Waals surface area contributed by atoms with E-state index in [0.29, 0.717) is 11.7 Å². The van der Waals surface area contributed by atoms with Crippen molar-refractivity contribution in [2.75, 3.05) is 0 Å². The van der Waals surface area contributed by atoms with E-state index in [4.69, 9.17) is 0 Å². The molecule has 1 aromatic carbocycles. The lowest BCUT2D eigenvalue weighted by Gasteiger charge is -2.54. The summed E-state index contributed by atoms with van der Waals surface area (Å²) in [4.78, 5) is 12.3. The first-order chi connectivity index (χ1) is 10.2. The Bertz CT molecular complexity index is 624. The molecule has 3 atom stereocenters. The van der Waals surface area contributed by atoms with Gasteiger partial charge in [0.15, 0.2) is 0 Å². The minimum atomic E-state index is 0.108. The molecule has 2 saturated carbocycles. The summed E-state index contributed by atoms with van der Waals surface area (Å²) in [5.74, 6) is 1.33. The van der Waals surface area contributed by atoms with Crippen LogP contribution in [0.5, 0.6) is 0 Å². The number of carbonyl (C=O) groups is 1. The van der Waals surface area contributed by atoms with Gasteiger partial charge in [-0.3, -0.25) is 4.79 Å². The number of carbonyl (C=O) groups excluding carboxylic acids is 1. The summed E-state index contributed by atoms with van der Waals surface area (Å²) in [5.41, 5.74) is 3.87. The van der Waals surface area contributed by atoms with Gasteiger partial charge in [0, 0.05) is 17.8 Å². The normalized spacial score (nSPS) is 34.3. The molecule has 0 amide bonds. The molecule has 0 aliphatic heterocycles. The molecule has 4 aliphatic carbocycles. The summed E-state index contributed by atoms with van der Waals surface area (Å²) in [5, 5.41) is 0. The van der Waals surface area contributed by atoms with Gasteiger partial charge in [-0.25, -0.2) is 0 Å². The van der Waals surface area contributed by atoms with E-state index in [2.05, 4.69) is 36.9 Å².